The van der Waals surface area contributed by atoms with Gasteiger partial charge in [0.1, 0.15) is 0 Å². The molecule has 0 rings (SSSR count). The Kier molecular flexibility index (Phi) is 8.97. The lowest BCUT2D eigenvalue weighted by molar-refractivity contribution is -0.125. The van der Waals surface area contributed by atoms with Gasteiger partial charge >= 0.3 is 0 Å². The summed E-state index contributed by atoms with van der Waals surface area (Å²) < 4.78 is 10.7. The summed E-state index contributed by atoms with van der Waals surface area (Å²) in [5, 5.41) is 3.18. The molecule has 1 amide bonds. The Morgan fingerprint density at radius 3 is 2.22 bits per heavy atom. The zero-order valence-corrected chi connectivity index (χ0v) is 12.1. The molecule has 1 atom stereocenters. The molecule has 108 valence electrons. The topological polar surface area (TPSA) is 73.6 Å². The highest BCUT2D eigenvalue weighted by atomic mass is 16.5. The lowest BCUT2D eigenvalue weighted by atomic mass is 9.96. The van der Waals surface area contributed by atoms with Crippen molar-refractivity contribution >= 4 is 5.91 Å². The Balaban J connectivity index is 3.81. The van der Waals surface area contributed by atoms with E-state index < -0.39 is 5.54 Å². The number of rotatable bonds is 11. The fourth-order valence-corrected chi connectivity index (χ4v) is 1.65. The van der Waals surface area contributed by atoms with Gasteiger partial charge in [0.2, 0.25) is 5.91 Å². The van der Waals surface area contributed by atoms with Crippen molar-refractivity contribution in [2.75, 3.05) is 26.4 Å². The number of primary amides is 1. The third kappa shape index (κ3) is 7.63. The summed E-state index contributed by atoms with van der Waals surface area (Å²) in [5.41, 5.74) is 4.71. The van der Waals surface area contributed by atoms with Crippen LogP contribution in [0.1, 0.15) is 40.5 Å². The van der Waals surface area contributed by atoms with Gasteiger partial charge in [0.15, 0.2) is 0 Å². The van der Waals surface area contributed by atoms with Crippen LogP contribution in [0.2, 0.25) is 0 Å². The molecule has 3 N–H and O–H groups in total. The highest BCUT2D eigenvalue weighted by Crippen LogP contribution is 2.10. The van der Waals surface area contributed by atoms with Gasteiger partial charge in [-0.3, -0.25) is 4.79 Å². The zero-order valence-electron chi connectivity index (χ0n) is 12.1. The minimum atomic E-state index is -0.710. The Hall–Kier alpha value is -0.650. The van der Waals surface area contributed by atoms with Crippen molar-refractivity contribution in [3.05, 3.63) is 0 Å². The van der Waals surface area contributed by atoms with Crippen molar-refractivity contribution < 1.29 is 14.3 Å². The van der Waals surface area contributed by atoms with Crippen LogP contribution in [-0.4, -0.2) is 43.9 Å². The molecule has 0 heterocycles. The summed E-state index contributed by atoms with van der Waals surface area (Å²) in [4.78, 5) is 11.4. The van der Waals surface area contributed by atoms with E-state index >= 15 is 0 Å². The van der Waals surface area contributed by atoms with E-state index in [4.69, 9.17) is 15.2 Å². The Morgan fingerprint density at radius 1 is 1.22 bits per heavy atom. The van der Waals surface area contributed by atoms with Gasteiger partial charge in [-0.2, -0.15) is 0 Å². The molecule has 0 bridgehead atoms. The predicted octanol–water partition coefficient (Wildman–Crippen LogP) is 1.06. The maximum atomic E-state index is 11.4. The first-order valence-electron chi connectivity index (χ1n) is 6.65. The van der Waals surface area contributed by atoms with Gasteiger partial charge in [0, 0.05) is 19.3 Å². The Morgan fingerprint density at radius 2 is 1.78 bits per heavy atom. The van der Waals surface area contributed by atoms with E-state index in [9.17, 15) is 4.79 Å². The van der Waals surface area contributed by atoms with Crippen molar-refractivity contribution in [2.24, 2.45) is 5.73 Å². The summed E-state index contributed by atoms with van der Waals surface area (Å²) >= 11 is 0. The lowest BCUT2D eigenvalue weighted by Gasteiger charge is -2.29. The zero-order chi connectivity index (χ0) is 14.0. The van der Waals surface area contributed by atoms with Crippen LogP contribution in [0, 0.1) is 0 Å². The number of amides is 1. The summed E-state index contributed by atoms with van der Waals surface area (Å²) in [6.07, 6.45) is 1.58. The number of hydrogen-bond donors (Lipinski definition) is 2. The van der Waals surface area contributed by atoms with Crippen LogP contribution in [0.4, 0.5) is 0 Å². The highest BCUT2D eigenvalue weighted by molar-refractivity contribution is 5.84. The van der Waals surface area contributed by atoms with Gasteiger partial charge in [-0.1, -0.05) is 6.92 Å². The van der Waals surface area contributed by atoms with Crippen molar-refractivity contribution in [3.8, 4) is 0 Å². The van der Waals surface area contributed by atoms with E-state index in [-0.39, 0.29) is 11.9 Å². The van der Waals surface area contributed by atoms with E-state index in [1.165, 1.54) is 0 Å². The smallest absolute Gasteiger partial charge is 0.237 e. The van der Waals surface area contributed by atoms with Crippen LogP contribution in [0.5, 0.6) is 0 Å². The van der Waals surface area contributed by atoms with E-state index in [0.29, 0.717) is 26.2 Å². The third-order valence-electron chi connectivity index (χ3n) is 2.62. The van der Waals surface area contributed by atoms with E-state index in [1.807, 2.05) is 20.8 Å². The Bertz CT molecular complexity index is 234. The molecule has 0 aliphatic heterocycles. The number of nitrogens with one attached hydrogen (secondary N) is 1. The average molecular weight is 260 g/mol. The summed E-state index contributed by atoms with van der Waals surface area (Å²) in [7, 11) is 0. The van der Waals surface area contributed by atoms with Crippen molar-refractivity contribution in [1.82, 2.24) is 5.32 Å². The molecule has 18 heavy (non-hydrogen) atoms. The predicted molar refractivity (Wildman–Crippen MR) is 72.4 cm³/mol. The van der Waals surface area contributed by atoms with Gasteiger partial charge in [-0.05, 0) is 33.6 Å². The second-order valence-electron chi connectivity index (χ2n) is 4.97. The first kappa shape index (κ1) is 17.4. The minimum absolute atomic E-state index is 0.204. The monoisotopic (exact) mass is 260 g/mol. The third-order valence-corrected chi connectivity index (χ3v) is 2.62. The van der Waals surface area contributed by atoms with Crippen LogP contribution >= 0.6 is 0 Å². The molecule has 0 aliphatic carbocycles. The number of carbonyl (C=O) groups excluding carboxylic acids is 1. The molecule has 0 aromatic rings. The minimum Gasteiger partial charge on any atom is -0.379 e. The normalized spacial score (nSPS) is 14.7. The number of ether oxygens (including phenoxy) is 2. The van der Waals surface area contributed by atoms with Crippen molar-refractivity contribution in [2.45, 2.75) is 52.1 Å². The molecule has 0 fully saturated rings. The van der Waals surface area contributed by atoms with Gasteiger partial charge < -0.3 is 20.5 Å². The molecule has 0 aromatic carbocycles. The molecule has 0 aliphatic rings. The summed E-state index contributed by atoms with van der Waals surface area (Å²) in [5.74, 6) is -0.345. The SMILES string of the molecule is CCCOCCOCCC(C)(NC(C)C)C(N)=O. The maximum absolute atomic E-state index is 11.4. The van der Waals surface area contributed by atoms with Crippen LogP contribution < -0.4 is 11.1 Å². The molecule has 0 saturated carbocycles. The molecule has 5 nitrogen and oxygen atoms in total. The molecule has 0 aromatic heterocycles. The molecule has 1 unspecified atom stereocenters. The van der Waals surface area contributed by atoms with Crippen molar-refractivity contribution in [3.63, 3.8) is 0 Å². The number of carbonyl (C=O) groups is 1. The second kappa shape index (κ2) is 9.30. The van der Waals surface area contributed by atoms with E-state index in [2.05, 4.69) is 12.2 Å². The van der Waals surface area contributed by atoms with E-state index in [1.54, 1.807) is 0 Å². The fourth-order valence-electron chi connectivity index (χ4n) is 1.65. The first-order valence-corrected chi connectivity index (χ1v) is 6.65. The van der Waals surface area contributed by atoms with Crippen LogP contribution in [0.15, 0.2) is 0 Å². The molecule has 0 radical (unpaired) electrons. The Labute approximate surface area is 110 Å². The maximum Gasteiger partial charge on any atom is 0.237 e. The first-order chi connectivity index (χ1) is 8.42. The molecule has 0 spiro atoms. The van der Waals surface area contributed by atoms with E-state index in [0.717, 1.165) is 13.0 Å². The number of hydrogen-bond acceptors (Lipinski definition) is 4. The molecule has 5 heteroatoms. The largest absolute Gasteiger partial charge is 0.379 e. The van der Waals surface area contributed by atoms with Crippen LogP contribution in [0.3, 0.4) is 0 Å². The van der Waals surface area contributed by atoms with Gasteiger partial charge in [-0.25, -0.2) is 0 Å². The quantitative estimate of drug-likeness (QED) is 0.545. The highest BCUT2D eigenvalue weighted by Gasteiger charge is 2.30. The van der Waals surface area contributed by atoms with Crippen molar-refractivity contribution in [1.29, 1.82) is 0 Å². The number of nitrogens with two attached hydrogens (primary N) is 1. The average Bonchev–Trinajstić information content (AvgIpc) is 2.26. The van der Waals surface area contributed by atoms with Gasteiger partial charge in [0.05, 0.1) is 18.8 Å². The fraction of sp³-hybridized carbons (Fsp3) is 0.923. The summed E-state index contributed by atoms with van der Waals surface area (Å²) in [6.45, 7) is 10.3. The molecule has 0 saturated heterocycles. The molecular weight excluding hydrogens is 232 g/mol. The lowest BCUT2D eigenvalue weighted by Crippen LogP contribution is -2.56. The standard InChI is InChI=1S/C13H28N2O3/c1-5-7-17-9-10-18-8-6-13(4,12(14)16)15-11(2)3/h11,15H,5-10H2,1-4H3,(H2,14,16). The van der Waals surface area contributed by atoms with Crippen LogP contribution in [0.25, 0.3) is 0 Å². The van der Waals surface area contributed by atoms with Gasteiger partial charge in [0.25, 0.3) is 0 Å². The van der Waals surface area contributed by atoms with Crippen LogP contribution in [-0.2, 0) is 14.3 Å². The second-order valence-corrected chi connectivity index (χ2v) is 4.97. The van der Waals surface area contributed by atoms with Gasteiger partial charge in [-0.15, -0.1) is 0 Å². The molecular formula is C13H28N2O3. The summed E-state index contributed by atoms with van der Waals surface area (Å²) in [6, 6.07) is 0.204.